The Morgan fingerprint density at radius 1 is 1.19 bits per heavy atom. The second kappa shape index (κ2) is 4.31. The molecule has 3 heteroatoms. The summed E-state index contributed by atoms with van der Waals surface area (Å²) >= 11 is 0. The number of hydrogen-bond acceptors (Lipinski definition) is 2. The van der Waals surface area contributed by atoms with Crippen LogP contribution in [0, 0.1) is 12.7 Å². The van der Waals surface area contributed by atoms with E-state index in [2.05, 4.69) is 4.98 Å². The van der Waals surface area contributed by atoms with Crippen LogP contribution in [0.3, 0.4) is 0 Å². The molecule has 0 aliphatic heterocycles. The number of nitrogens with zero attached hydrogens (tertiary/aromatic N) is 1. The largest absolute Gasteiger partial charge is 0.481 e. The molecule has 0 amide bonds. The van der Waals surface area contributed by atoms with Gasteiger partial charge in [-0.3, -0.25) is 0 Å². The summed E-state index contributed by atoms with van der Waals surface area (Å²) in [7, 11) is 1.58. The fraction of sp³-hybridized carbons (Fsp3) is 0.154. The van der Waals surface area contributed by atoms with Crippen molar-refractivity contribution in [2.24, 2.45) is 0 Å². The van der Waals surface area contributed by atoms with E-state index in [1.807, 2.05) is 13.0 Å². The van der Waals surface area contributed by atoms with Crippen LogP contribution in [0.4, 0.5) is 4.39 Å². The molecule has 0 fully saturated rings. The highest BCUT2D eigenvalue weighted by atomic mass is 19.1. The molecule has 0 aliphatic rings. The Bertz CT molecular complexity index is 494. The second-order valence-corrected chi connectivity index (χ2v) is 3.55. The van der Waals surface area contributed by atoms with Gasteiger partial charge in [-0.05, 0) is 30.2 Å². The lowest BCUT2D eigenvalue weighted by Gasteiger charge is -2.07. The van der Waals surface area contributed by atoms with Gasteiger partial charge in [0.1, 0.15) is 5.82 Å². The Kier molecular flexibility index (Phi) is 2.86. The summed E-state index contributed by atoms with van der Waals surface area (Å²) in [5, 5.41) is 0. The monoisotopic (exact) mass is 217 g/mol. The molecule has 82 valence electrons. The van der Waals surface area contributed by atoms with Crippen molar-refractivity contribution in [3.63, 3.8) is 0 Å². The minimum absolute atomic E-state index is 0.233. The Labute approximate surface area is 93.7 Å². The van der Waals surface area contributed by atoms with Crippen molar-refractivity contribution in [3.05, 3.63) is 47.9 Å². The Balaban J connectivity index is 2.44. The van der Waals surface area contributed by atoms with E-state index in [-0.39, 0.29) is 5.82 Å². The zero-order valence-electron chi connectivity index (χ0n) is 9.20. The Morgan fingerprint density at radius 3 is 2.44 bits per heavy atom. The number of pyridine rings is 1. The van der Waals surface area contributed by atoms with Crippen molar-refractivity contribution >= 4 is 0 Å². The quantitative estimate of drug-likeness (QED) is 0.770. The van der Waals surface area contributed by atoms with Crippen LogP contribution in [0.2, 0.25) is 0 Å². The standard InChI is InChI=1S/C13H12FNO/c1-9-7-13(16-2)15-8-12(9)10-3-5-11(14)6-4-10/h3-8H,1-2H3. The predicted octanol–water partition coefficient (Wildman–Crippen LogP) is 3.20. The van der Waals surface area contributed by atoms with Gasteiger partial charge in [-0.2, -0.15) is 0 Å². The molecule has 2 rings (SSSR count). The first-order valence-corrected chi connectivity index (χ1v) is 4.97. The zero-order chi connectivity index (χ0) is 11.5. The minimum atomic E-state index is -0.233. The molecule has 0 saturated heterocycles. The SMILES string of the molecule is COc1cc(C)c(-c2ccc(F)cc2)cn1. The van der Waals surface area contributed by atoms with E-state index in [1.54, 1.807) is 25.4 Å². The molecule has 0 bridgehead atoms. The van der Waals surface area contributed by atoms with Crippen molar-refractivity contribution < 1.29 is 9.13 Å². The van der Waals surface area contributed by atoms with E-state index in [0.717, 1.165) is 16.7 Å². The summed E-state index contributed by atoms with van der Waals surface area (Å²) in [4.78, 5) is 4.14. The molecule has 0 atom stereocenters. The van der Waals surface area contributed by atoms with Crippen LogP contribution < -0.4 is 4.74 Å². The second-order valence-electron chi connectivity index (χ2n) is 3.55. The van der Waals surface area contributed by atoms with Crippen LogP contribution in [0.5, 0.6) is 5.88 Å². The molecule has 1 aromatic heterocycles. The highest BCUT2D eigenvalue weighted by Crippen LogP contribution is 2.24. The number of aromatic nitrogens is 1. The molecule has 2 nitrogen and oxygen atoms in total. The van der Waals surface area contributed by atoms with Gasteiger partial charge in [0.05, 0.1) is 7.11 Å². The minimum Gasteiger partial charge on any atom is -0.481 e. The molecule has 1 aromatic carbocycles. The normalized spacial score (nSPS) is 10.2. The summed E-state index contributed by atoms with van der Waals surface area (Å²) in [6, 6.07) is 8.23. The lowest BCUT2D eigenvalue weighted by atomic mass is 10.0. The summed E-state index contributed by atoms with van der Waals surface area (Å²) in [5.41, 5.74) is 2.99. The summed E-state index contributed by atoms with van der Waals surface area (Å²) in [6.07, 6.45) is 1.74. The number of halogens is 1. The van der Waals surface area contributed by atoms with E-state index in [9.17, 15) is 4.39 Å². The molecule has 0 aliphatic carbocycles. The topological polar surface area (TPSA) is 22.1 Å². The maximum absolute atomic E-state index is 12.8. The number of aryl methyl sites for hydroxylation is 1. The lowest BCUT2D eigenvalue weighted by molar-refractivity contribution is 0.397. The first kappa shape index (κ1) is 10.6. The van der Waals surface area contributed by atoms with Gasteiger partial charge in [-0.1, -0.05) is 12.1 Å². The first-order chi connectivity index (χ1) is 7.70. The number of methoxy groups -OCH3 is 1. The fourth-order valence-electron chi connectivity index (χ4n) is 1.57. The van der Waals surface area contributed by atoms with Crippen molar-refractivity contribution in [3.8, 4) is 17.0 Å². The number of hydrogen-bond donors (Lipinski definition) is 0. The van der Waals surface area contributed by atoms with Crippen LogP contribution in [-0.4, -0.2) is 12.1 Å². The fourth-order valence-corrected chi connectivity index (χ4v) is 1.57. The number of ether oxygens (including phenoxy) is 1. The van der Waals surface area contributed by atoms with Crippen LogP contribution in [-0.2, 0) is 0 Å². The smallest absolute Gasteiger partial charge is 0.213 e. The van der Waals surface area contributed by atoms with Crippen LogP contribution >= 0.6 is 0 Å². The van der Waals surface area contributed by atoms with Crippen LogP contribution in [0.1, 0.15) is 5.56 Å². The third kappa shape index (κ3) is 2.03. The Morgan fingerprint density at radius 2 is 1.88 bits per heavy atom. The highest BCUT2D eigenvalue weighted by Gasteiger charge is 2.04. The molecule has 16 heavy (non-hydrogen) atoms. The molecule has 0 spiro atoms. The van der Waals surface area contributed by atoms with Crippen molar-refractivity contribution in [1.82, 2.24) is 4.98 Å². The van der Waals surface area contributed by atoms with Gasteiger partial charge in [0.2, 0.25) is 5.88 Å². The Hall–Kier alpha value is -1.90. The van der Waals surface area contributed by atoms with Gasteiger partial charge >= 0.3 is 0 Å². The molecule has 0 saturated carbocycles. The van der Waals surface area contributed by atoms with E-state index < -0.39 is 0 Å². The third-order valence-electron chi connectivity index (χ3n) is 2.45. The average Bonchev–Trinajstić information content (AvgIpc) is 2.30. The molecule has 0 unspecified atom stereocenters. The molecule has 0 N–H and O–H groups in total. The maximum atomic E-state index is 12.8. The summed E-state index contributed by atoms with van der Waals surface area (Å²) in [6.45, 7) is 1.98. The van der Waals surface area contributed by atoms with Crippen molar-refractivity contribution in [2.45, 2.75) is 6.92 Å². The van der Waals surface area contributed by atoms with Crippen LogP contribution in [0.25, 0.3) is 11.1 Å². The van der Waals surface area contributed by atoms with Crippen molar-refractivity contribution in [1.29, 1.82) is 0 Å². The number of benzene rings is 1. The third-order valence-corrected chi connectivity index (χ3v) is 2.45. The molecule has 1 heterocycles. The molecule has 2 aromatic rings. The van der Waals surface area contributed by atoms with Gasteiger partial charge < -0.3 is 4.74 Å². The predicted molar refractivity (Wildman–Crippen MR) is 60.9 cm³/mol. The lowest BCUT2D eigenvalue weighted by Crippen LogP contribution is -1.91. The zero-order valence-corrected chi connectivity index (χ0v) is 9.20. The van der Waals surface area contributed by atoms with Gasteiger partial charge in [-0.25, -0.2) is 9.37 Å². The van der Waals surface area contributed by atoms with Crippen LogP contribution in [0.15, 0.2) is 36.5 Å². The van der Waals surface area contributed by atoms with Crippen molar-refractivity contribution in [2.75, 3.05) is 7.11 Å². The van der Waals surface area contributed by atoms with Gasteiger partial charge in [-0.15, -0.1) is 0 Å². The molecule has 0 radical (unpaired) electrons. The van der Waals surface area contributed by atoms with Gasteiger partial charge in [0.25, 0.3) is 0 Å². The highest BCUT2D eigenvalue weighted by molar-refractivity contribution is 5.66. The molecular weight excluding hydrogens is 205 g/mol. The van der Waals surface area contributed by atoms with E-state index in [4.69, 9.17) is 4.74 Å². The van der Waals surface area contributed by atoms with E-state index >= 15 is 0 Å². The summed E-state index contributed by atoms with van der Waals surface area (Å²) in [5.74, 6) is 0.353. The van der Waals surface area contributed by atoms with Gasteiger partial charge in [0, 0.05) is 17.8 Å². The summed E-state index contributed by atoms with van der Waals surface area (Å²) < 4.78 is 17.8. The molecular formula is C13H12FNO. The van der Waals surface area contributed by atoms with Gasteiger partial charge in [0.15, 0.2) is 0 Å². The first-order valence-electron chi connectivity index (χ1n) is 4.97. The average molecular weight is 217 g/mol. The van der Waals surface area contributed by atoms with E-state index in [1.165, 1.54) is 12.1 Å². The maximum Gasteiger partial charge on any atom is 0.213 e. The van der Waals surface area contributed by atoms with E-state index in [0.29, 0.717) is 5.88 Å². The number of rotatable bonds is 2.